The molecule has 0 radical (unpaired) electrons. The molecule has 3 rings (SSSR count). The fraction of sp³-hybridized carbons (Fsp3) is 0.533. The molecule has 8 nitrogen and oxygen atoms in total. The van der Waals surface area contributed by atoms with Crippen molar-refractivity contribution in [3.8, 4) is 11.5 Å². The van der Waals surface area contributed by atoms with E-state index in [1.807, 2.05) is 0 Å². The Hall–Kier alpha value is -2.35. The number of ether oxygens (including phenoxy) is 2. The first-order valence-corrected chi connectivity index (χ1v) is 7.70. The van der Waals surface area contributed by atoms with Gasteiger partial charge in [0, 0.05) is 18.2 Å². The second-order valence-corrected chi connectivity index (χ2v) is 5.67. The predicted molar refractivity (Wildman–Crippen MR) is 81.8 cm³/mol. The van der Waals surface area contributed by atoms with Crippen LogP contribution < -0.4 is 20.1 Å². The van der Waals surface area contributed by atoms with Crippen LogP contribution in [0.5, 0.6) is 11.5 Å². The highest BCUT2D eigenvalue weighted by Crippen LogP contribution is 2.36. The highest BCUT2D eigenvalue weighted by atomic mass is 16.6. The number of carbonyl (C=O) groups is 1. The molecule has 124 valence electrons. The van der Waals surface area contributed by atoms with E-state index >= 15 is 0 Å². The number of carbonyl (C=O) groups excluding carboxylic acids is 1. The van der Waals surface area contributed by atoms with Crippen molar-refractivity contribution in [1.29, 1.82) is 0 Å². The van der Waals surface area contributed by atoms with Crippen molar-refractivity contribution in [3.63, 3.8) is 0 Å². The van der Waals surface area contributed by atoms with Crippen molar-refractivity contribution >= 4 is 11.6 Å². The van der Waals surface area contributed by atoms with E-state index in [9.17, 15) is 14.9 Å². The molecule has 2 aliphatic heterocycles. The molecular formula is C15H19N3O5. The van der Waals surface area contributed by atoms with Gasteiger partial charge in [-0.2, -0.15) is 0 Å². The lowest BCUT2D eigenvalue weighted by Crippen LogP contribution is -2.46. The lowest BCUT2D eigenvalue weighted by Gasteiger charge is -2.24. The zero-order chi connectivity index (χ0) is 16.2. The maximum Gasteiger partial charge on any atom is 0.277 e. The summed E-state index contributed by atoms with van der Waals surface area (Å²) < 4.78 is 10.8. The van der Waals surface area contributed by atoms with Crippen LogP contribution in [0.4, 0.5) is 5.69 Å². The van der Waals surface area contributed by atoms with E-state index in [1.54, 1.807) is 0 Å². The highest BCUT2D eigenvalue weighted by Gasteiger charge is 2.24. The minimum absolute atomic E-state index is 0.0521. The average Bonchev–Trinajstić information content (AvgIpc) is 2.55. The van der Waals surface area contributed by atoms with Crippen molar-refractivity contribution in [3.05, 3.63) is 27.8 Å². The molecule has 2 N–H and O–H groups in total. The maximum atomic E-state index is 12.2. The summed E-state index contributed by atoms with van der Waals surface area (Å²) in [7, 11) is 0. The molecular weight excluding hydrogens is 302 g/mol. The molecule has 1 amide bonds. The number of rotatable bonds is 4. The van der Waals surface area contributed by atoms with Crippen molar-refractivity contribution in [2.24, 2.45) is 0 Å². The molecule has 8 heteroatoms. The topological polar surface area (TPSA) is 103 Å². The SMILES string of the molecule is O=C(Cc1cc2c(cc1[N+](=O)[O-])OCCO2)N[C@H]1CCCNC1. The molecule has 0 unspecified atom stereocenters. The summed E-state index contributed by atoms with van der Waals surface area (Å²) in [5.41, 5.74) is 0.215. The van der Waals surface area contributed by atoms with Gasteiger partial charge in [0.25, 0.3) is 5.69 Å². The molecule has 0 bridgehead atoms. The Morgan fingerprint density at radius 1 is 1.35 bits per heavy atom. The Labute approximate surface area is 133 Å². The first-order valence-electron chi connectivity index (χ1n) is 7.70. The molecule has 2 heterocycles. The average molecular weight is 321 g/mol. The zero-order valence-corrected chi connectivity index (χ0v) is 12.7. The van der Waals surface area contributed by atoms with Gasteiger partial charge < -0.3 is 20.1 Å². The standard InChI is InChI=1S/C15H19N3O5/c19-15(17-11-2-1-3-16-9-11)7-10-6-13-14(23-5-4-22-13)8-12(10)18(20)21/h6,8,11,16H,1-5,7,9H2,(H,17,19)/t11-/m0/s1. The second kappa shape index (κ2) is 6.82. The van der Waals surface area contributed by atoms with Crippen LogP contribution in [0.25, 0.3) is 0 Å². The van der Waals surface area contributed by atoms with Crippen LogP contribution in [0.3, 0.4) is 0 Å². The van der Waals surface area contributed by atoms with E-state index in [2.05, 4.69) is 10.6 Å². The third-order valence-corrected chi connectivity index (χ3v) is 3.95. The summed E-state index contributed by atoms with van der Waals surface area (Å²) >= 11 is 0. The van der Waals surface area contributed by atoms with E-state index in [1.165, 1.54) is 12.1 Å². The number of benzene rings is 1. The number of hydrogen-bond acceptors (Lipinski definition) is 6. The first-order chi connectivity index (χ1) is 11.1. The van der Waals surface area contributed by atoms with Crippen LogP contribution in [-0.4, -0.2) is 43.2 Å². The van der Waals surface area contributed by atoms with Gasteiger partial charge in [0.15, 0.2) is 11.5 Å². The van der Waals surface area contributed by atoms with Gasteiger partial charge in [-0.05, 0) is 25.5 Å². The van der Waals surface area contributed by atoms with Crippen LogP contribution in [0.15, 0.2) is 12.1 Å². The number of piperidine rings is 1. The third-order valence-electron chi connectivity index (χ3n) is 3.95. The number of nitrogens with zero attached hydrogens (tertiary/aromatic N) is 1. The molecule has 1 saturated heterocycles. The lowest BCUT2D eigenvalue weighted by molar-refractivity contribution is -0.385. The van der Waals surface area contributed by atoms with Crippen molar-refractivity contribution in [2.75, 3.05) is 26.3 Å². The van der Waals surface area contributed by atoms with Gasteiger partial charge in [-0.15, -0.1) is 0 Å². The molecule has 0 aliphatic carbocycles. The summed E-state index contributed by atoms with van der Waals surface area (Å²) in [5, 5.41) is 17.4. The van der Waals surface area contributed by atoms with Gasteiger partial charge >= 0.3 is 0 Å². The van der Waals surface area contributed by atoms with Crippen LogP contribution >= 0.6 is 0 Å². The first kappa shape index (κ1) is 15.5. The normalized spacial score (nSPS) is 19.9. The Kier molecular flexibility index (Phi) is 4.61. The maximum absolute atomic E-state index is 12.2. The number of nitro benzene ring substituents is 1. The summed E-state index contributed by atoms with van der Waals surface area (Å²) in [6.07, 6.45) is 1.88. The Balaban J connectivity index is 1.75. The van der Waals surface area contributed by atoms with Gasteiger partial charge in [0.05, 0.1) is 17.4 Å². The molecule has 1 atom stereocenters. The number of fused-ring (bicyclic) bond motifs is 1. The van der Waals surface area contributed by atoms with Crippen LogP contribution in [0.1, 0.15) is 18.4 Å². The molecule has 1 fully saturated rings. The van der Waals surface area contributed by atoms with Gasteiger partial charge in [0.2, 0.25) is 5.91 Å². The second-order valence-electron chi connectivity index (χ2n) is 5.67. The van der Waals surface area contributed by atoms with Crippen molar-refractivity contribution in [2.45, 2.75) is 25.3 Å². The molecule has 0 aromatic heterocycles. The van der Waals surface area contributed by atoms with Gasteiger partial charge in [-0.25, -0.2) is 0 Å². The van der Waals surface area contributed by atoms with Gasteiger partial charge in [-0.1, -0.05) is 0 Å². The fourth-order valence-electron chi connectivity index (χ4n) is 2.86. The van der Waals surface area contributed by atoms with Crippen LogP contribution in [-0.2, 0) is 11.2 Å². The van der Waals surface area contributed by atoms with E-state index in [4.69, 9.17) is 9.47 Å². The summed E-state index contributed by atoms with van der Waals surface area (Å²) in [5.74, 6) is 0.575. The fourth-order valence-corrected chi connectivity index (χ4v) is 2.86. The quantitative estimate of drug-likeness (QED) is 0.627. The summed E-state index contributed by atoms with van der Waals surface area (Å²) in [6.45, 7) is 2.44. The monoisotopic (exact) mass is 321 g/mol. The molecule has 2 aliphatic rings. The van der Waals surface area contributed by atoms with Crippen molar-refractivity contribution in [1.82, 2.24) is 10.6 Å². The van der Waals surface area contributed by atoms with Gasteiger partial charge in [0.1, 0.15) is 13.2 Å². The number of nitrogens with one attached hydrogen (secondary N) is 2. The van der Waals surface area contributed by atoms with Crippen LogP contribution in [0, 0.1) is 10.1 Å². The summed E-state index contributed by atoms with van der Waals surface area (Å²) in [4.78, 5) is 22.9. The smallest absolute Gasteiger partial charge is 0.277 e. The molecule has 23 heavy (non-hydrogen) atoms. The van der Waals surface area contributed by atoms with E-state index in [0.29, 0.717) is 30.3 Å². The number of amides is 1. The van der Waals surface area contributed by atoms with Crippen LogP contribution in [0.2, 0.25) is 0 Å². The minimum Gasteiger partial charge on any atom is -0.486 e. The largest absolute Gasteiger partial charge is 0.486 e. The minimum atomic E-state index is -0.497. The van der Waals surface area contributed by atoms with E-state index in [-0.39, 0.29) is 24.1 Å². The molecule has 0 saturated carbocycles. The predicted octanol–water partition coefficient (Wildman–Crippen LogP) is 0.777. The molecule has 1 aromatic rings. The van der Waals surface area contributed by atoms with Gasteiger partial charge in [-0.3, -0.25) is 14.9 Å². The number of nitro groups is 1. The summed E-state index contributed by atoms with van der Waals surface area (Å²) in [6, 6.07) is 2.94. The Morgan fingerprint density at radius 3 is 2.74 bits per heavy atom. The highest BCUT2D eigenvalue weighted by molar-refractivity contribution is 5.80. The van der Waals surface area contributed by atoms with E-state index < -0.39 is 4.92 Å². The number of hydrogen-bond donors (Lipinski definition) is 2. The molecule has 0 spiro atoms. The molecule has 1 aromatic carbocycles. The van der Waals surface area contributed by atoms with E-state index in [0.717, 1.165) is 25.9 Å². The third kappa shape index (κ3) is 3.70. The Morgan fingerprint density at radius 2 is 2.09 bits per heavy atom. The van der Waals surface area contributed by atoms with Crippen molar-refractivity contribution < 1.29 is 19.2 Å². The zero-order valence-electron chi connectivity index (χ0n) is 12.7. The lowest BCUT2D eigenvalue weighted by atomic mass is 10.1. The Bertz CT molecular complexity index is 613.